The lowest BCUT2D eigenvalue weighted by Crippen LogP contribution is -2.47. The molecule has 168 valence electrons. The Morgan fingerprint density at radius 2 is 1.79 bits per heavy atom. The van der Waals surface area contributed by atoms with Crippen LogP contribution >= 0.6 is 0 Å². The Morgan fingerprint density at radius 1 is 1.14 bits per heavy atom. The maximum absolute atomic E-state index is 12.8. The van der Waals surface area contributed by atoms with Crippen molar-refractivity contribution in [2.75, 3.05) is 13.2 Å². The fraction of sp³-hybridized carbons (Fsp3) is 0.864. The van der Waals surface area contributed by atoms with E-state index in [9.17, 15) is 19.5 Å². The van der Waals surface area contributed by atoms with Crippen LogP contribution in [-0.4, -0.2) is 47.8 Å². The van der Waals surface area contributed by atoms with Gasteiger partial charge in [-0.25, -0.2) is 4.79 Å². The largest absolute Gasteiger partial charge is 0.464 e. The van der Waals surface area contributed by atoms with Crippen LogP contribution in [0.5, 0.6) is 0 Å². The zero-order valence-electron chi connectivity index (χ0n) is 18.5. The van der Waals surface area contributed by atoms with Crippen molar-refractivity contribution in [1.82, 2.24) is 5.32 Å². The van der Waals surface area contributed by atoms with E-state index in [1.807, 2.05) is 0 Å². The molecule has 2 unspecified atom stereocenters. The third kappa shape index (κ3) is 10.6. The van der Waals surface area contributed by atoms with E-state index in [4.69, 9.17) is 9.47 Å². The minimum Gasteiger partial charge on any atom is -0.464 e. The highest BCUT2D eigenvalue weighted by Gasteiger charge is 2.29. The molecule has 0 radical (unpaired) electrons. The predicted molar refractivity (Wildman–Crippen MR) is 110 cm³/mol. The molecule has 1 aliphatic rings. The average molecular weight is 414 g/mol. The number of amides is 1. The van der Waals surface area contributed by atoms with Gasteiger partial charge in [0.2, 0.25) is 5.91 Å². The summed E-state index contributed by atoms with van der Waals surface area (Å²) >= 11 is 0. The molecule has 0 aromatic carbocycles. The van der Waals surface area contributed by atoms with Crippen molar-refractivity contribution in [3.8, 4) is 0 Å². The molecular weight excluding hydrogens is 374 g/mol. The first-order valence-electron chi connectivity index (χ1n) is 11.0. The molecule has 1 amide bonds. The Balaban J connectivity index is 2.69. The van der Waals surface area contributed by atoms with E-state index in [-0.39, 0.29) is 13.0 Å². The van der Waals surface area contributed by atoms with Crippen molar-refractivity contribution in [3.63, 3.8) is 0 Å². The number of esters is 2. The molecule has 29 heavy (non-hydrogen) atoms. The normalized spacial score (nSPS) is 17.3. The fourth-order valence-electron chi connectivity index (χ4n) is 3.75. The fourth-order valence-corrected chi connectivity index (χ4v) is 3.75. The topological polar surface area (TPSA) is 102 Å². The second-order valence-electron chi connectivity index (χ2n) is 8.92. The van der Waals surface area contributed by atoms with Gasteiger partial charge in [-0.15, -0.1) is 0 Å². The SMILES string of the molecule is CCOC(=O)C(CO)NC(=O)C(CCCC1CCCCC1)CC(=O)OC(C)(C)C. The van der Waals surface area contributed by atoms with Gasteiger partial charge in [-0.3, -0.25) is 9.59 Å². The zero-order chi connectivity index (χ0) is 21.9. The van der Waals surface area contributed by atoms with E-state index in [0.29, 0.717) is 12.3 Å². The molecule has 0 saturated heterocycles. The highest BCUT2D eigenvalue weighted by molar-refractivity contribution is 5.88. The standard InChI is InChI=1S/C22H39NO6/c1-5-28-21(27)18(15-24)23-20(26)17(14-19(25)29-22(2,3)4)13-9-12-16-10-7-6-8-11-16/h16-18,24H,5-15H2,1-4H3,(H,23,26). The summed E-state index contributed by atoms with van der Waals surface area (Å²) in [6, 6.07) is -1.12. The molecule has 0 bridgehead atoms. The first-order valence-corrected chi connectivity index (χ1v) is 11.0. The summed E-state index contributed by atoms with van der Waals surface area (Å²) in [6.45, 7) is 6.62. The van der Waals surface area contributed by atoms with E-state index >= 15 is 0 Å². The maximum Gasteiger partial charge on any atom is 0.331 e. The van der Waals surface area contributed by atoms with Crippen molar-refractivity contribution in [2.24, 2.45) is 11.8 Å². The van der Waals surface area contributed by atoms with Gasteiger partial charge >= 0.3 is 11.9 Å². The molecular formula is C22H39NO6. The third-order valence-electron chi connectivity index (χ3n) is 5.16. The molecule has 0 aromatic rings. The van der Waals surface area contributed by atoms with Gasteiger partial charge in [-0.05, 0) is 40.0 Å². The molecule has 2 N–H and O–H groups in total. The van der Waals surface area contributed by atoms with Crippen LogP contribution in [0, 0.1) is 11.8 Å². The molecule has 1 rings (SSSR count). The molecule has 0 aliphatic heterocycles. The van der Waals surface area contributed by atoms with Crippen LogP contribution in [0.3, 0.4) is 0 Å². The quantitative estimate of drug-likeness (QED) is 0.505. The Labute approximate surface area is 174 Å². The van der Waals surface area contributed by atoms with Crippen molar-refractivity contribution in [2.45, 2.75) is 97.1 Å². The summed E-state index contributed by atoms with van der Waals surface area (Å²) in [5.41, 5.74) is -0.626. The molecule has 1 fully saturated rings. The van der Waals surface area contributed by atoms with Gasteiger partial charge in [0.25, 0.3) is 0 Å². The van der Waals surface area contributed by atoms with Crippen LogP contribution in [-0.2, 0) is 23.9 Å². The summed E-state index contributed by atoms with van der Waals surface area (Å²) < 4.78 is 10.2. The van der Waals surface area contributed by atoms with Crippen LogP contribution in [0.2, 0.25) is 0 Å². The predicted octanol–water partition coefficient (Wildman–Crippen LogP) is 3.13. The van der Waals surface area contributed by atoms with E-state index in [2.05, 4.69) is 5.32 Å². The molecule has 7 nitrogen and oxygen atoms in total. The lowest BCUT2D eigenvalue weighted by Gasteiger charge is -2.25. The monoisotopic (exact) mass is 413 g/mol. The number of rotatable bonds is 11. The van der Waals surface area contributed by atoms with Crippen LogP contribution in [0.25, 0.3) is 0 Å². The second-order valence-corrected chi connectivity index (χ2v) is 8.92. The number of nitrogens with one attached hydrogen (secondary N) is 1. The zero-order valence-corrected chi connectivity index (χ0v) is 18.5. The summed E-state index contributed by atoms with van der Waals surface area (Å²) in [6.07, 6.45) is 8.69. The molecule has 2 atom stereocenters. The number of carbonyl (C=O) groups is 3. The summed E-state index contributed by atoms with van der Waals surface area (Å²) in [7, 11) is 0. The minimum atomic E-state index is -1.12. The maximum atomic E-state index is 12.8. The molecule has 0 spiro atoms. The van der Waals surface area contributed by atoms with Crippen LogP contribution in [0.4, 0.5) is 0 Å². The Bertz CT molecular complexity index is 522. The first-order chi connectivity index (χ1) is 13.7. The molecule has 0 aromatic heterocycles. The molecule has 1 saturated carbocycles. The second kappa shape index (κ2) is 12.8. The van der Waals surface area contributed by atoms with Gasteiger partial charge in [-0.2, -0.15) is 0 Å². The number of hydrogen-bond acceptors (Lipinski definition) is 6. The van der Waals surface area contributed by atoms with E-state index in [1.54, 1.807) is 27.7 Å². The van der Waals surface area contributed by atoms with Crippen LogP contribution < -0.4 is 5.32 Å². The number of carbonyl (C=O) groups excluding carboxylic acids is 3. The van der Waals surface area contributed by atoms with Gasteiger partial charge in [0.1, 0.15) is 5.60 Å². The molecule has 1 aliphatic carbocycles. The third-order valence-corrected chi connectivity index (χ3v) is 5.16. The Kier molecular flexibility index (Phi) is 11.2. The highest BCUT2D eigenvalue weighted by atomic mass is 16.6. The van der Waals surface area contributed by atoms with Crippen LogP contribution in [0.1, 0.15) is 85.5 Å². The average Bonchev–Trinajstić information content (AvgIpc) is 2.64. The lowest BCUT2D eigenvalue weighted by atomic mass is 9.84. The van der Waals surface area contributed by atoms with Crippen LogP contribution in [0.15, 0.2) is 0 Å². The van der Waals surface area contributed by atoms with Gasteiger partial charge in [0.15, 0.2) is 6.04 Å². The van der Waals surface area contributed by atoms with Gasteiger partial charge in [-0.1, -0.05) is 44.9 Å². The van der Waals surface area contributed by atoms with E-state index in [1.165, 1.54) is 32.1 Å². The van der Waals surface area contributed by atoms with E-state index in [0.717, 1.165) is 12.8 Å². The Hall–Kier alpha value is -1.63. The van der Waals surface area contributed by atoms with Gasteiger partial charge in [0, 0.05) is 5.92 Å². The lowest BCUT2D eigenvalue weighted by molar-refractivity contribution is -0.157. The van der Waals surface area contributed by atoms with Crippen molar-refractivity contribution in [1.29, 1.82) is 0 Å². The number of ether oxygens (including phenoxy) is 2. The summed E-state index contributed by atoms with van der Waals surface area (Å²) in [4.78, 5) is 36.9. The van der Waals surface area contributed by atoms with Gasteiger partial charge < -0.3 is 19.9 Å². The van der Waals surface area contributed by atoms with Crippen molar-refractivity contribution >= 4 is 17.8 Å². The molecule has 0 heterocycles. The molecule has 7 heteroatoms. The first kappa shape index (κ1) is 25.4. The number of aliphatic hydroxyl groups excluding tert-OH is 1. The van der Waals surface area contributed by atoms with Crippen molar-refractivity contribution < 1.29 is 29.0 Å². The smallest absolute Gasteiger partial charge is 0.331 e. The minimum absolute atomic E-state index is 0.0469. The summed E-state index contributed by atoms with van der Waals surface area (Å²) in [5, 5.41) is 12.0. The summed E-state index contributed by atoms with van der Waals surface area (Å²) in [5.74, 6) is -1.45. The van der Waals surface area contributed by atoms with Gasteiger partial charge in [0.05, 0.1) is 19.6 Å². The van der Waals surface area contributed by atoms with Crippen molar-refractivity contribution in [3.05, 3.63) is 0 Å². The number of aliphatic hydroxyl groups is 1. The van der Waals surface area contributed by atoms with E-state index < -0.39 is 42.0 Å². The Morgan fingerprint density at radius 3 is 2.34 bits per heavy atom. The highest BCUT2D eigenvalue weighted by Crippen LogP contribution is 2.29. The number of hydrogen-bond donors (Lipinski definition) is 2.